The van der Waals surface area contributed by atoms with E-state index >= 15 is 0 Å². The van der Waals surface area contributed by atoms with Crippen LogP contribution in [0.15, 0.2) is 60.7 Å². The minimum absolute atomic E-state index is 0.587. The first kappa shape index (κ1) is 14.1. The maximum Gasteiger partial charge on any atom is 0.251 e. The molecule has 0 radical (unpaired) electrons. The summed E-state index contributed by atoms with van der Waals surface area (Å²) in [6, 6.07) is 19.9. The Bertz CT molecular complexity index is 493. The molecule has 0 aromatic heterocycles. The van der Waals surface area contributed by atoms with Crippen molar-refractivity contribution in [1.82, 2.24) is 10.0 Å². The van der Waals surface area contributed by atoms with Crippen molar-refractivity contribution in [3.63, 3.8) is 0 Å². The summed E-state index contributed by atoms with van der Waals surface area (Å²) >= 11 is 0. The van der Waals surface area contributed by atoms with Crippen LogP contribution in [-0.4, -0.2) is 29.1 Å². The van der Waals surface area contributed by atoms with Crippen LogP contribution in [0, 0.1) is 4.91 Å². The summed E-state index contributed by atoms with van der Waals surface area (Å²) in [5.41, 5.74) is 2.23. The first-order valence-electron chi connectivity index (χ1n) is 6.64. The Kier molecular flexibility index (Phi) is 4.71. The van der Waals surface area contributed by atoms with E-state index in [1.54, 1.807) is 24.1 Å². The van der Waals surface area contributed by atoms with Crippen molar-refractivity contribution >= 4 is 0 Å². The van der Waals surface area contributed by atoms with Crippen LogP contribution in [0.5, 0.6) is 0 Å². The van der Waals surface area contributed by atoms with Gasteiger partial charge in [-0.15, -0.1) is 10.0 Å². The summed E-state index contributed by atoms with van der Waals surface area (Å²) in [7, 11) is 3.59. The fourth-order valence-electron chi connectivity index (χ4n) is 2.08. The van der Waals surface area contributed by atoms with Gasteiger partial charge >= 0.3 is 0 Å². The smallest absolute Gasteiger partial charge is 0.110 e. The molecule has 0 saturated heterocycles. The molecule has 0 bridgehead atoms. The molecule has 2 rings (SSSR count). The zero-order chi connectivity index (χ0) is 14.4. The topological polar surface area (TPSA) is 26.6 Å². The molecule has 0 saturated carbocycles. The fraction of sp³-hybridized carbons (Fsp3) is 0.250. The zero-order valence-corrected chi connectivity index (χ0v) is 11.9. The predicted molar refractivity (Wildman–Crippen MR) is 79.4 cm³/mol. The third kappa shape index (κ3) is 3.82. The van der Waals surface area contributed by atoms with Crippen molar-refractivity contribution < 1.29 is 4.98 Å². The summed E-state index contributed by atoms with van der Waals surface area (Å²) in [5, 5.41) is 3.30. The van der Waals surface area contributed by atoms with Crippen molar-refractivity contribution in [3.05, 3.63) is 76.7 Å². The van der Waals surface area contributed by atoms with Crippen LogP contribution in [0.1, 0.15) is 11.1 Å². The molecule has 0 atom stereocenters. The molecule has 0 unspecified atom stereocenters. The van der Waals surface area contributed by atoms with E-state index in [0.717, 1.165) is 16.1 Å². The summed E-state index contributed by atoms with van der Waals surface area (Å²) in [6.07, 6.45) is 0. The van der Waals surface area contributed by atoms with Crippen LogP contribution in [0.3, 0.4) is 0 Å². The first-order chi connectivity index (χ1) is 9.66. The first-order valence-corrected chi connectivity index (χ1v) is 6.64. The van der Waals surface area contributed by atoms with Crippen molar-refractivity contribution in [2.45, 2.75) is 13.1 Å². The maximum atomic E-state index is 12.2. The fourth-order valence-corrected chi connectivity index (χ4v) is 2.08. The Morgan fingerprint density at radius 2 is 1.10 bits per heavy atom. The van der Waals surface area contributed by atoms with Gasteiger partial charge in [-0.05, 0) is 11.1 Å². The number of hydrazine groups is 2. The van der Waals surface area contributed by atoms with Gasteiger partial charge in [0.25, 0.3) is 4.98 Å². The summed E-state index contributed by atoms with van der Waals surface area (Å²) in [4.78, 5) is 13.1. The number of nitrogens with zero attached hydrogens (tertiary/aromatic N) is 3. The molecule has 20 heavy (non-hydrogen) atoms. The SMILES string of the molecule is CN(Cc1ccccc1)[N+](=O)N(C)Cc1ccccc1. The molecule has 0 spiro atoms. The molecule has 4 heteroatoms. The van der Waals surface area contributed by atoms with Gasteiger partial charge in [0.15, 0.2) is 0 Å². The van der Waals surface area contributed by atoms with E-state index < -0.39 is 0 Å². The number of benzene rings is 2. The number of rotatable bonds is 6. The van der Waals surface area contributed by atoms with Crippen molar-refractivity contribution in [2.24, 2.45) is 0 Å². The van der Waals surface area contributed by atoms with Crippen LogP contribution in [0.25, 0.3) is 0 Å². The van der Waals surface area contributed by atoms with E-state index in [9.17, 15) is 4.91 Å². The number of nitroso groups, excluding NO2 is 1. The van der Waals surface area contributed by atoms with Gasteiger partial charge in [-0.3, -0.25) is 0 Å². The Balaban J connectivity index is 1.93. The highest BCUT2D eigenvalue weighted by Crippen LogP contribution is 2.06. The lowest BCUT2D eigenvalue weighted by molar-refractivity contribution is -0.828. The Labute approximate surface area is 119 Å². The van der Waals surface area contributed by atoms with E-state index in [2.05, 4.69) is 0 Å². The minimum Gasteiger partial charge on any atom is -0.110 e. The number of hydrogen-bond acceptors (Lipinski definition) is 1. The molecule has 0 N–H and O–H groups in total. The van der Waals surface area contributed by atoms with Gasteiger partial charge in [0, 0.05) is 0 Å². The molecule has 0 amide bonds. The lowest BCUT2D eigenvalue weighted by atomic mass is 10.2. The third-order valence-corrected chi connectivity index (χ3v) is 3.09. The molecule has 2 aromatic carbocycles. The van der Waals surface area contributed by atoms with Crippen LogP contribution >= 0.6 is 0 Å². The molecule has 104 valence electrons. The van der Waals surface area contributed by atoms with Crippen LogP contribution in [-0.2, 0) is 13.1 Å². The Morgan fingerprint density at radius 1 is 0.750 bits per heavy atom. The van der Waals surface area contributed by atoms with Crippen LogP contribution in [0.2, 0.25) is 0 Å². The second-order valence-corrected chi connectivity index (χ2v) is 4.86. The minimum atomic E-state index is 0.587. The molecule has 0 fully saturated rings. The molecule has 0 aliphatic rings. The van der Waals surface area contributed by atoms with Gasteiger partial charge in [0.05, 0.1) is 19.0 Å². The Hall–Kier alpha value is -2.36. The molecule has 0 aliphatic carbocycles. The van der Waals surface area contributed by atoms with Crippen LogP contribution in [0.4, 0.5) is 0 Å². The van der Waals surface area contributed by atoms with Crippen molar-refractivity contribution in [3.8, 4) is 0 Å². The van der Waals surface area contributed by atoms with E-state index in [0.29, 0.717) is 13.1 Å². The van der Waals surface area contributed by atoms with Gasteiger partial charge in [0.2, 0.25) is 0 Å². The highest BCUT2D eigenvalue weighted by atomic mass is 16.4. The molecule has 2 aromatic rings. The lowest BCUT2D eigenvalue weighted by Crippen LogP contribution is -2.40. The summed E-state index contributed by atoms with van der Waals surface area (Å²) in [6.45, 7) is 1.17. The number of hydrogen-bond donors (Lipinski definition) is 0. The normalized spacial score (nSPS) is 10.1. The van der Waals surface area contributed by atoms with Gasteiger partial charge in [0.1, 0.15) is 13.1 Å². The Morgan fingerprint density at radius 3 is 1.45 bits per heavy atom. The largest absolute Gasteiger partial charge is 0.251 e. The highest BCUT2D eigenvalue weighted by Gasteiger charge is 2.22. The predicted octanol–water partition coefficient (Wildman–Crippen LogP) is 2.86. The monoisotopic (exact) mass is 270 g/mol. The molecule has 0 heterocycles. The zero-order valence-electron chi connectivity index (χ0n) is 11.9. The van der Waals surface area contributed by atoms with E-state index in [1.165, 1.54) is 0 Å². The van der Waals surface area contributed by atoms with Gasteiger partial charge in [-0.1, -0.05) is 60.7 Å². The average Bonchev–Trinajstić information content (AvgIpc) is 2.48. The molecular weight excluding hydrogens is 250 g/mol. The average molecular weight is 270 g/mol. The second-order valence-electron chi connectivity index (χ2n) is 4.86. The van der Waals surface area contributed by atoms with E-state index in [-0.39, 0.29) is 0 Å². The molecular formula is C16H20N3O+. The quantitative estimate of drug-likeness (QED) is 0.596. The van der Waals surface area contributed by atoms with Crippen molar-refractivity contribution in [2.75, 3.05) is 14.1 Å². The highest BCUT2D eigenvalue weighted by molar-refractivity contribution is 5.14. The van der Waals surface area contributed by atoms with Crippen LogP contribution < -0.4 is 0 Å². The lowest BCUT2D eigenvalue weighted by Gasteiger charge is -2.15. The maximum absolute atomic E-state index is 12.2. The summed E-state index contributed by atoms with van der Waals surface area (Å²) < 4.78 is 0. The molecule has 0 aliphatic heterocycles. The van der Waals surface area contributed by atoms with Gasteiger partial charge < -0.3 is 0 Å². The van der Waals surface area contributed by atoms with E-state index in [4.69, 9.17) is 0 Å². The van der Waals surface area contributed by atoms with Gasteiger partial charge in [-0.25, -0.2) is 0 Å². The second kappa shape index (κ2) is 6.70. The van der Waals surface area contributed by atoms with E-state index in [1.807, 2.05) is 60.7 Å². The van der Waals surface area contributed by atoms with Crippen molar-refractivity contribution in [1.29, 1.82) is 0 Å². The third-order valence-electron chi connectivity index (χ3n) is 3.09. The van der Waals surface area contributed by atoms with Gasteiger partial charge in [-0.2, -0.15) is 0 Å². The molecule has 4 nitrogen and oxygen atoms in total. The summed E-state index contributed by atoms with van der Waals surface area (Å²) in [5.74, 6) is 0. The standard InChI is InChI=1S/C16H20N3O/c1-17(13-15-9-5-3-6-10-15)19(20)18(2)14-16-11-7-4-8-12-16/h3-12H,13-14H2,1-2H3/q+1.